The molecule has 0 saturated carbocycles. The number of carbonyl (C=O) groups is 2. The third-order valence-corrected chi connectivity index (χ3v) is 4.45. The van der Waals surface area contributed by atoms with E-state index in [9.17, 15) is 22.8 Å². The van der Waals surface area contributed by atoms with Crippen molar-refractivity contribution in [3.8, 4) is 12.3 Å². The molecule has 144 valence electrons. The Labute approximate surface area is 154 Å². The predicted molar refractivity (Wildman–Crippen MR) is 91.0 cm³/mol. The fourth-order valence-electron chi connectivity index (χ4n) is 2.61. The Morgan fingerprint density at radius 1 is 1.26 bits per heavy atom. The van der Waals surface area contributed by atoms with E-state index in [1.165, 1.54) is 13.0 Å². The lowest BCUT2D eigenvalue weighted by Crippen LogP contribution is -2.53. The van der Waals surface area contributed by atoms with Crippen LogP contribution in [0.1, 0.15) is 43.7 Å². The van der Waals surface area contributed by atoms with E-state index in [1.807, 2.05) is 0 Å². The second-order valence-electron chi connectivity index (χ2n) is 6.50. The highest BCUT2D eigenvalue weighted by molar-refractivity contribution is 5.91. The van der Waals surface area contributed by atoms with Gasteiger partial charge in [0.05, 0.1) is 5.56 Å². The van der Waals surface area contributed by atoms with Gasteiger partial charge in [-0.15, -0.1) is 12.3 Å². The van der Waals surface area contributed by atoms with Gasteiger partial charge in [0.15, 0.2) is 5.66 Å². The number of nitrogens with one attached hydrogen (secondary N) is 1. The van der Waals surface area contributed by atoms with E-state index in [2.05, 4.69) is 21.5 Å². The Bertz CT molecular complexity index is 808. The smallest absolute Gasteiger partial charge is 0.367 e. The Morgan fingerprint density at radius 2 is 1.89 bits per heavy atom. The standard InChI is InChI=1S/C18H19F3N4O2/c1-3-4-9-17(24-25-17)10-8-14(26)23-16(2,15(22)27)12-6-5-7-13(11-12)18(19,20)21/h1,5-7,11H,4,8-10H2,2H3,(H2,22,27)(H,23,26). The molecule has 9 heteroatoms. The zero-order valence-electron chi connectivity index (χ0n) is 14.6. The molecule has 0 radical (unpaired) electrons. The molecule has 0 saturated heterocycles. The van der Waals surface area contributed by atoms with Gasteiger partial charge in [0, 0.05) is 25.7 Å². The summed E-state index contributed by atoms with van der Waals surface area (Å²) >= 11 is 0. The Kier molecular flexibility index (Phi) is 5.59. The van der Waals surface area contributed by atoms with Crippen molar-refractivity contribution in [2.75, 3.05) is 0 Å². The molecular formula is C18H19F3N4O2. The fraction of sp³-hybridized carbons (Fsp3) is 0.444. The number of nitrogens with zero attached hydrogens (tertiary/aromatic N) is 2. The number of halogens is 3. The zero-order chi connectivity index (χ0) is 20.3. The van der Waals surface area contributed by atoms with Crippen LogP contribution in [0.2, 0.25) is 0 Å². The topological polar surface area (TPSA) is 96.9 Å². The van der Waals surface area contributed by atoms with E-state index in [0.717, 1.165) is 18.2 Å². The first-order chi connectivity index (χ1) is 12.5. The Morgan fingerprint density at radius 3 is 2.41 bits per heavy atom. The van der Waals surface area contributed by atoms with Crippen LogP contribution in [0, 0.1) is 12.3 Å². The molecular weight excluding hydrogens is 361 g/mol. The maximum absolute atomic E-state index is 12.9. The lowest BCUT2D eigenvalue weighted by Gasteiger charge is -2.29. The van der Waals surface area contributed by atoms with Crippen LogP contribution in [-0.2, 0) is 21.3 Å². The summed E-state index contributed by atoms with van der Waals surface area (Å²) in [5.74, 6) is 0.946. The molecule has 1 atom stereocenters. The molecule has 0 bridgehead atoms. The molecule has 2 rings (SSSR count). The number of carbonyl (C=O) groups excluding carboxylic acids is 2. The molecule has 0 fully saturated rings. The quantitative estimate of drug-likeness (QED) is 0.678. The van der Waals surface area contributed by atoms with Crippen LogP contribution < -0.4 is 11.1 Å². The van der Waals surface area contributed by atoms with Crippen LogP contribution >= 0.6 is 0 Å². The minimum atomic E-state index is -4.59. The van der Waals surface area contributed by atoms with Gasteiger partial charge in [-0.05, 0) is 24.6 Å². The second-order valence-corrected chi connectivity index (χ2v) is 6.50. The van der Waals surface area contributed by atoms with E-state index in [1.54, 1.807) is 0 Å². The highest BCUT2D eigenvalue weighted by Crippen LogP contribution is 2.38. The number of primary amides is 1. The molecule has 3 N–H and O–H groups in total. The highest BCUT2D eigenvalue weighted by Gasteiger charge is 2.41. The summed E-state index contributed by atoms with van der Waals surface area (Å²) in [4.78, 5) is 24.2. The van der Waals surface area contributed by atoms with Crippen LogP contribution in [0.25, 0.3) is 0 Å². The summed E-state index contributed by atoms with van der Waals surface area (Å²) in [6, 6.07) is 4.13. The van der Waals surface area contributed by atoms with Crippen molar-refractivity contribution in [3.05, 3.63) is 35.4 Å². The van der Waals surface area contributed by atoms with Crippen molar-refractivity contribution in [2.45, 2.75) is 50.0 Å². The lowest BCUT2D eigenvalue weighted by atomic mass is 9.89. The van der Waals surface area contributed by atoms with Crippen LogP contribution in [0.5, 0.6) is 0 Å². The number of rotatable bonds is 8. The van der Waals surface area contributed by atoms with Gasteiger partial charge in [-0.1, -0.05) is 12.1 Å². The third kappa shape index (κ3) is 4.84. The van der Waals surface area contributed by atoms with Crippen LogP contribution in [-0.4, -0.2) is 17.5 Å². The fourth-order valence-corrected chi connectivity index (χ4v) is 2.61. The molecule has 0 spiro atoms. The maximum atomic E-state index is 12.9. The summed E-state index contributed by atoms with van der Waals surface area (Å²) in [5.41, 5.74) is 1.92. The lowest BCUT2D eigenvalue weighted by molar-refractivity contribution is -0.138. The van der Waals surface area contributed by atoms with Crippen molar-refractivity contribution in [1.82, 2.24) is 5.32 Å². The van der Waals surface area contributed by atoms with E-state index in [0.29, 0.717) is 12.8 Å². The number of hydrogen-bond acceptors (Lipinski definition) is 4. The summed E-state index contributed by atoms with van der Waals surface area (Å²) in [7, 11) is 0. The second kappa shape index (κ2) is 7.39. The summed E-state index contributed by atoms with van der Waals surface area (Å²) in [6.07, 6.45) is 1.84. The van der Waals surface area contributed by atoms with Gasteiger partial charge in [0.1, 0.15) is 5.54 Å². The van der Waals surface area contributed by atoms with Crippen molar-refractivity contribution in [3.63, 3.8) is 0 Å². The minimum Gasteiger partial charge on any atom is -0.367 e. The van der Waals surface area contributed by atoms with Crippen LogP contribution in [0.3, 0.4) is 0 Å². The molecule has 1 heterocycles. The molecule has 0 aromatic heterocycles. The van der Waals surface area contributed by atoms with Crippen molar-refractivity contribution in [2.24, 2.45) is 16.0 Å². The van der Waals surface area contributed by atoms with E-state index in [4.69, 9.17) is 12.2 Å². The third-order valence-electron chi connectivity index (χ3n) is 4.45. The van der Waals surface area contributed by atoms with Gasteiger partial charge < -0.3 is 11.1 Å². The van der Waals surface area contributed by atoms with Crippen LogP contribution in [0.4, 0.5) is 13.2 Å². The Hall–Kier alpha value is -2.89. The first kappa shape index (κ1) is 20.4. The molecule has 27 heavy (non-hydrogen) atoms. The van der Waals surface area contributed by atoms with Crippen molar-refractivity contribution >= 4 is 11.8 Å². The van der Waals surface area contributed by atoms with Gasteiger partial charge >= 0.3 is 6.18 Å². The summed E-state index contributed by atoms with van der Waals surface area (Å²) in [6.45, 7) is 1.27. The number of terminal acetylenes is 1. The number of benzene rings is 1. The van der Waals surface area contributed by atoms with E-state index in [-0.39, 0.29) is 18.4 Å². The molecule has 0 aliphatic carbocycles. The monoisotopic (exact) mass is 380 g/mol. The summed E-state index contributed by atoms with van der Waals surface area (Å²) < 4.78 is 38.8. The average molecular weight is 380 g/mol. The first-order valence-corrected chi connectivity index (χ1v) is 8.19. The first-order valence-electron chi connectivity index (χ1n) is 8.19. The zero-order valence-corrected chi connectivity index (χ0v) is 14.6. The van der Waals surface area contributed by atoms with Gasteiger partial charge in [-0.3, -0.25) is 9.59 Å². The van der Waals surface area contributed by atoms with Gasteiger partial charge in [-0.25, -0.2) is 0 Å². The molecule has 1 unspecified atom stereocenters. The minimum absolute atomic E-state index is 0.0284. The highest BCUT2D eigenvalue weighted by atomic mass is 19.4. The maximum Gasteiger partial charge on any atom is 0.416 e. The molecule has 2 amide bonds. The number of hydrogen-bond donors (Lipinski definition) is 2. The van der Waals surface area contributed by atoms with Crippen molar-refractivity contribution in [1.29, 1.82) is 0 Å². The van der Waals surface area contributed by atoms with Crippen LogP contribution in [0.15, 0.2) is 34.5 Å². The molecule has 6 nitrogen and oxygen atoms in total. The Balaban J connectivity index is 2.11. The van der Waals surface area contributed by atoms with Gasteiger partial charge in [0.2, 0.25) is 11.8 Å². The normalized spacial score (nSPS) is 16.9. The van der Waals surface area contributed by atoms with E-state index >= 15 is 0 Å². The van der Waals surface area contributed by atoms with Gasteiger partial charge in [0.25, 0.3) is 0 Å². The molecule has 1 aliphatic heterocycles. The number of alkyl halides is 3. The molecule has 1 aromatic rings. The molecule has 1 aromatic carbocycles. The average Bonchev–Trinajstić information content (AvgIpc) is 3.38. The predicted octanol–water partition coefficient (Wildman–Crippen LogP) is 2.88. The number of nitrogens with two attached hydrogens (primary N) is 1. The van der Waals surface area contributed by atoms with E-state index < -0.39 is 34.8 Å². The molecule has 1 aliphatic rings. The SMILES string of the molecule is C#CCCC1(CCC(=O)NC(C)(C(N)=O)c2cccc(C(F)(F)F)c2)N=N1. The summed E-state index contributed by atoms with van der Waals surface area (Å²) in [5, 5.41) is 10.2. The van der Waals surface area contributed by atoms with Gasteiger partial charge in [-0.2, -0.15) is 23.4 Å². The van der Waals surface area contributed by atoms with Crippen molar-refractivity contribution < 1.29 is 22.8 Å². The number of amides is 2. The largest absolute Gasteiger partial charge is 0.416 e.